The minimum atomic E-state index is -4.88. The lowest BCUT2D eigenvalue weighted by atomic mass is 10.1. The van der Waals surface area contributed by atoms with Crippen LogP contribution in [0.3, 0.4) is 0 Å². The van der Waals surface area contributed by atoms with E-state index >= 15 is 0 Å². The summed E-state index contributed by atoms with van der Waals surface area (Å²) < 4.78 is 89.4. The van der Waals surface area contributed by atoms with Gasteiger partial charge in [0.25, 0.3) is 6.43 Å². The number of aromatic amines is 1. The van der Waals surface area contributed by atoms with Crippen LogP contribution in [0.4, 0.5) is 26.3 Å². The Morgan fingerprint density at radius 2 is 2.12 bits per heavy atom. The zero-order valence-electron chi connectivity index (χ0n) is 16.7. The molecule has 0 fully saturated rings. The van der Waals surface area contributed by atoms with Crippen LogP contribution in [0.25, 0.3) is 10.9 Å². The zero-order chi connectivity index (χ0) is 24.2. The molecule has 33 heavy (non-hydrogen) atoms. The number of benzene rings is 1. The molecule has 3 heterocycles. The third kappa shape index (κ3) is 4.07. The van der Waals surface area contributed by atoms with Gasteiger partial charge in [0.15, 0.2) is 10.8 Å². The molecule has 0 bridgehead atoms. The van der Waals surface area contributed by atoms with Crippen LogP contribution in [-0.2, 0) is 28.7 Å². The fourth-order valence-electron chi connectivity index (χ4n) is 3.97. The highest BCUT2D eigenvalue weighted by Crippen LogP contribution is 2.42. The first kappa shape index (κ1) is 23.8. The number of nitrogens with zero attached hydrogens (tertiary/aromatic N) is 3. The Hall–Kier alpha value is -2.35. The van der Waals surface area contributed by atoms with Gasteiger partial charge in [-0.05, 0) is 25.2 Å². The molecule has 6 nitrogen and oxygen atoms in total. The van der Waals surface area contributed by atoms with E-state index in [4.69, 9.17) is 17.0 Å². The van der Waals surface area contributed by atoms with Gasteiger partial charge in [0.05, 0.1) is 30.0 Å². The second-order valence-electron chi connectivity index (χ2n) is 7.35. The van der Waals surface area contributed by atoms with Gasteiger partial charge < -0.3 is 14.3 Å². The van der Waals surface area contributed by atoms with E-state index in [0.717, 1.165) is 10.9 Å². The van der Waals surface area contributed by atoms with Crippen LogP contribution in [0.15, 0.2) is 16.7 Å². The third-order valence-corrected chi connectivity index (χ3v) is 6.27. The van der Waals surface area contributed by atoms with Crippen molar-refractivity contribution in [1.82, 2.24) is 19.3 Å². The van der Waals surface area contributed by atoms with Crippen LogP contribution in [-0.4, -0.2) is 38.1 Å². The molecule has 1 aliphatic rings. The maximum Gasteiger partial charge on any atom is 0.417 e. The number of H-pyrrole nitrogens is 1. The second kappa shape index (κ2) is 8.46. The Balaban J connectivity index is 2.00. The largest absolute Gasteiger partial charge is 0.464 e. The molecule has 4 rings (SSSR count). The first-order valence-electron chi connectivity index (χ1n) is 9.62. The van der Waals surface area contributed by atoms with Gasteiger partial charge in [0.1, 0.15) is 11.7 Å². The monoisotopic (exact) mass is 556 g/mol. The van der Waals surface area contributed by atoms with Crippen LogP contribution in [0, 0.1) is 4.77 Å². The van der Waals surface area contributed by atoms with Crippen molar-refractivity contribution in [3.8, 4) is 0 Å². The topological polar surface area (TPSA) is 64.8 Å². The predicted octanol–water partition coefficient (Wildman–Crippen LogP) is 5.66. The van der Waals surface area contributed by atoms with Gasteiger partial charge in [0, 0.05) is 28.2 Å². The fraction of sp³-hybridized carbons (Fsp3) is 0.421. The quantitative estimate of drug-likeness (QED) is 0.250. The molecule has 2 aromatic heterocycles. The molecule has 1 aromatic carbocycles. The van der Waals surface area contributed by atoms with Gasteiger partial charge in [-0.15, -0.1) is 0 Å². The summed E-state index contributed by atoms with van der Waals surface area (Å²) in [5.41, 5.74) is -2.17. The molecule has 0 spiro atoms. The van der Waals surface area contributed by atoms with Crippen LogP contribution >= 0.6 is 28.1 Å². The number of carbonyl (C=O) groups is 1. The predicted molar refractivity (Wildman–Crippen MR) is 110 cm³/mol. The molecule has 0 saturated heterocycles. The number of rotatable bonds is 5. The summed E-state index contributed by atoms with van der Waals surface area (Å²) in [6.07, 6.45) is -8.53. The number of alkyl halides is 6. The van der Waals surface area contributed by atoms with Gasteiger partial charge in [-0.3, -0.25) is 4.68 Å². The van der Waals surface area contributed by atoms with Crippen molar-refractivity contribution in [2.75, 3.05) is 6.61 Å². The molecule has 1 N–H and O–H groups in total. The van der Waals surface area contributed by atoms with Crippen molar-refractivity contribution in [3.05, 3.63) is 44.0 Å². The minimum absolute atomic E-state index is 0.0536. The number of hydrogen-bond donors (Lipinski definition) is 1. The Labute approximate surface area is 195 Å². The smallest absolute Gasteiger partial charge is 0.417 e. The standard InChI is InChI=1S/C19H15BrF6N4O2S/c1-2-32-17(31)15(14-11-3-7(21)5-29(11)18(33)27-14)30-6-8-9(19(24,25)26)4-10(20)12(16(22)23)13(8)28-30/h4,6-7,15-16H,2-3,5H2,1H3,(H,27,33)/t7-,15?/m1/s1. The van der Waals surface area contributed by atoms with Crippen LogP contribution in [0.5, 0.6) is 0 Å². The van der Waals surface area contributed by atoms with E-state index in [-0.39, 0.29) is 30.0 Å². The average Bonchev–Trinajstić information content (AvgIpc) is 3.36. The summed E-state index contributed by atoms with van der Waals surface area (Å²) >= 11 is 7.95. The Morgan fingerprint density at radius 1 is 1.42 bits per heavy atom. The summed E-state index contributed by atoms with van der Waals surface area (Å²) in [4.78, 5) is 15.6. The van der Waals surface area contributed by atoms with E-state index in [1.54, 1.807) is 0 Å². The minimum Gasteiger partial charge on any atom is -0.464 e. The number of nitrogens with one attached hydrogen (secondary N) is 1. The second-order valence-corrected chi connectivity index (χ2v) is 8.59. The van der Waals surface area contributed by atoms with Crippen molar-refractivity contribution >= 4 is 45.0 Å². The molecule has 2 atom stereocenters. The van der Waals surface area contributed by atoms with Crippen LogP contribution in [0.2, 0.25) is 0 Å². The van der Waals surface area contributed by atoms with Crippen molar-refractivity contribution in [2.45, 2.75) is 44.7 Å². The molecule has 3 aromatic rings. The number of aromatic nitrogens is 4. The highest BCUT2D eigenvalue weighted by Gasteiger charge is 2.39. The summed E-state index contributed by atoms with van der Waals surface area (Å²) in [7, 11) is 0. The maximum atomic E-state index is 14.0. The molecule has 1 aliphatic heterocycles. The highest BCUT2D eigenvalue weighted by molar-refractivity contribution is 9.10. The number of ether oxygens (including phenoxy) is 1. The van der Waals surface area contributed by atoms with Crippen LogP contribution < -0.4 is 0 Å². The lowest BCUT2D eigenvalue weighted by Crippen LogP contribution is -2.25. The molecule has 0 saturated carbocycles. The number of imidazole rings is 1. The fourth-order valence-corrected chi connectivity index (χ4v) is 4.86. The van der Waals surface area contributed by atoms with Gasteiger partial charge >= 0.3 is 12.1 Å². The first-order valence-corrected chi connectivity index (χ1v) is 10.8. The molecule has 178 valence electrons. The Morgan fingerprint density at radius 3 is 2.73 bits per heavy atom. The molecular formula is C19H15BrF6N4O2S. The summed E-state index contributed by atoms with van der Waals surface area (Å²) in [5.74, 6) is -0.918. The molecule has 0 radical (unpaired) electrons. The molecule has 14 heteroatoms. The maximum absolute atomic E-state index is 14.0. The van der Waals surface area contributed by atoms with E-state index in [1.807, 2.05) is 0 Å². The van der Waals surface area contributed by atoms with Gasteiger partial charge in [-0.1, -0.05) is 15.9 Å². The summed E-state index contributed by atoms with van der Waals surface area (Å²) in [5, 5.41) is 3.33. The number of fused-ring (bicyclic) bond motifs is 2. The normalized spacial score (nSPS) is 17.1. The SMILES string of the molecule is CCOC(=O)C(c1[nH]c(=S)n2c1C[C@@H](F)C2)n1cc2c(C(F)(F)F)cc(Br)c(C(F)F)c2n1. The van der Waals surface area contributed by atoms with Crippen molar-refractivity contribution in [2.24, 2.45) is 0 Å². The van der Waals surface area contributed by atoms with E-state index in [9.17, 15) is 31.1 Å². The van der Waals surface area contributed by atoms with Crippen molar-refractivity contribution in [3.63, 3.8) is 0 Å². The van der Waals surface area contributed by atoms with Gasteiger partial charge in [-0.25, -0.2) is 18.0 Å². The lowest BCUT2D eigenvalue weighted by Gasteiger charge is -2.16. The van der Waals surface area contributed by atoms with Crippen molar-refractivity contribution in [1.29, 1.82) is 0 Å². The molecular weight excluding hydrogens is 542 g/mol. The molecule has 1 unspecified atom stereocenters. The van der Waals surface area contributed by atoms with E-state index < -0.39 is 57.3 Å². The molecule has 0 amide bonds. The third-order valence-electron chi connectivity index (χ3n) is 5.30. The van der Waals surface area contributed by atoms with E-state index in [1.165, 1.54) is 11.5 Å². The summed E-state index contributed by atoms with van der Waals surface area (Å²) in [6.45, 7) is 1.40. The van der Waals surface area contributed by atoms with E-state index in [2.05, 4.69) is 26.0 Å². The van der Waals surface area contributed by atoms with Crippen LogP contribution in [0.1, 0.15) is 41.9 Å². The summed E-state index contributed by atoms with van der Waals surface area (Å²) in [6, 6.07) is -0.946. The first-order chi connectivity index (χ1) is 15.4. The Bertz CT molecular complexity index is 1300. The lowest BCUT2D eigenvalue weighted by molar-refractivity contribution is -0.146. The molecule has 0 aliphatic carbocycles. The van der Waals surface area contributed by atoms with Gasteiger partial charge in [-0.2, -0.15) is 18.3 Å². The highest BCUT2D eigenvalue weighted by atomic mass is 79.9. The number of hydrogen-bond acceptors (Lipinski definition) is 4. The zero-order valence-corrected chi connectivity index (χ0v) is 19.1. The number of esters is 1. The number of carbonyl (C=O) groups excluding carboxylic acids is 1. The number of halogens is 7. The Kier molecular flexibility index (Phi) is 6.10. The van der Waals surface area contributed by atoms with E-state index in [0.29, 0.717) is 11.8 Å². The van der Waals surface area contributed by atoms with Crippen molar-refractivity contribution < 1.29 is 35.9 Å². The average molecular weight is 557 g/mol. The van der Waals surface area contributed by atoms with Gasteiger partial charge in [0.2, 0.25) is 0 Å².